The van der Waals surface area contributed by atoms with E-state index in [-0.39, 0.29) is 5.69 Å². The van der Waals surface area contributed by atoms with Gasteiger partial charge in [-0.25, -0.2) is 9.89 Å². The molecule has 1 rings (SSSR count). The van der Waals surface area contributed by atoms with E-state index in [1.165, 1.54) is 11.8 Å². The Kier molecular flexibility index (Phi) is 5.65. The number of methoxy groups -OCH3 is 1. The molecule has 16 heavy (non-hydrogen) atoms. The molecule has 0 aliphatic carbocycles. The van der Waals surface area contributed by atoms with E-state index in [4.69, 9.17) is 16.3 Å². The van der Waals surface area contributed by atoms with Gasteiger partial charge in [-0.05, 0) is 6.42 Å². The molecule has 1 N–H and O–H groups in total. The van der Waals surface area contributed by atoms with Gasteiger partial charge in [0.2, 0.25) is 0 Å². The SMILES string of the molecule is C=C(Cl)CSc1n[nH]c(=O)n1CCCOC. The summed E-state index contributed by atoms with van der Waals surface area (Å²) in [6, 6.07) is 0. The summed E-state index contributed by atoms with van der Waals surface area (Å²) < 4.78 is 6.50. The van der Waals surface area contributed by atoms with Crippen molar-refractivity contribution in [3.63, 3.8) is 0 Å². The zero-order valence-corrected chi connectivity index (χ0v) is 10.6. The van der Waals surface area contributed by atoms with E-state index in [1.54, 1.807) is 11.7 Å². The highest BCUT2D eigenvalue weighted by Gasteiger charge is 2.08. The highest BCUT2D eigenvalue weighted by atomic mass is 35.5. The molecule has 1 heterocycles. The molecule has 0 bridgehead atoms. The number of hydrogen-bond acceptors (Lipinski definition) is 4. The number of halogens is 1. The maximum absolute atomic E-state index is 11.4. The van der Waals surface area contributed by atoms with Gasteiger partial charge in [-0.15, -0.1) is 5.10 Å². The van der Waals surface area contributed by atoms with Gasteiger partial charge in [0.15, 0.2) is 5.16 Å². The smallest absolute Gasteiger partial charge is 0.343 e. The van der Waals surface area contributed by atoms with Gasteiger partial charge in [0, 0.05) is 31.0 Å². The molecule has 0 aromatic carbocycles. The fraction of sp³-hybridized carbons (Fsp3) is 0.556. The topological polar surface area (TPSA) is 59.9 Å². The predicted octanol–water partition coefficient (Wildman–Crippen LogP) is 1.45. The molecule has 0 saturated carbocycles. The highest BCUT2D eigenvalue weighted by Crippen LogP contribution is 2.17. The Labute approximate surface area is 103 Å². The summed E-state index contributed by atoms with van der Waals surface area (Å²) in [4.78, 5) is 11.4. The Morgan fingerprint density at radius 1 is 1.75 bits per heavy atom. The highest BCUT2D eigenvalue weighted by molar-refractivity contribution is 7.99. The lowest BCUT2D eigenvalue weighted by Crippen LogP contribution is -2.18. The monoisotopic (exact) mass is 263 g/mol. The third kappa shape index (κ3) is 4.03. The van der Waals surface area contributed by atoms with Crippen LogP contribution in [0, 0.1) is 0 Å². The summed E-state index contributed by atoms with van der Waals surface area (Å²) in [6.45, 7) is 4.78. The van der Waals surface area contributed by atoms with Crippen molar-refractivity contribution >= 4 is 23.4 Å². The van der Waals surface area contributed by atoms with Crippen molar-refractivity contribution in [2.24, 2.45) is 0 Å². The molecule has 0 saturated heterocycles. The van der Waals surface area contributed by atoms with Crippen LogP contribution in [0.1, 0.15) is 6.42 Å². The molecular weight excluding hydrogens is 250 g/mol. The average Bonchev–Trinajstić information content (AvgIpc) is 2.58. The van der Waals surface area contributed by atoms with Crippen LogP contribution in [0.25, 0.3) is 0 Å². The third-order valence-corrected chi connectivity index (χ3v) is 3.17. The number of hydrogen-bond donors (Lipinski definition) is 1. The standard InChI is InChI=1S/C9H14ClN3O2S/c1-7(10)6-16-9-12-11-8(14)13(9)4-3-5-15-2/h1,3-6H2,2H3,(H,11,14). The van der Waals surface area contributed by atoms with Crippen LogP contribution >= 0.6 is 23.4 Å². The molecule has 0 aliphatic heterocycles. The van der Waals surface area contributed by atoms with Crippen molar-refractivity contribution in [2.45, 2.75) is 18.1 Å². The number of nitrogens with one attached hydrogen (secondary N) is 1. The molecule has 7 heteroatoms. The van der Waals surface area contributed by atoms with Crippen LogP contribution in [0.2, 0.25) is 0 Å². The van der Waals surface area contributed by atoms with E-state index in [0.29, 0.717) is 29.1 Å². The van der Waals surface area contributed by atoms with E-state index >= 15 is 0 Å². The van der Waals surface area contributed by atoms with E-state index in [0.717, 1.165) is 6.42 Å². The summed E-state index contributed by atoms with van der Waals surface area (Å²) in [5.41, 5.74) is -0.209. The van der Waals surface area contributed by atoms with Crippen molar-refractivity contribution < 1.29 is 4.74 Å². The quantitative estimate of drug-likeness (QED) is 0.598. The number of thioether (sulfide) groups is 1. The van der Waals surface area contributed by atoms with Gasteiger partial charge in [0.05, 0.1) is 0 Å². The van der Waals surface area contributed by atoms with E-state index < -0.39 is 0 Å². The first kappa shape index (κ1) is 13.3. The van der Waals surface area contributed by atoms with Gasteiger partial charge in [0.25, 0.3) is 0 Å². The van der Waals surface area contributed by atoms with Crippen molar-refractivity contribution in [3.05, 3.63) is 22.1 Å². The van der Waals surface area contributed by atoms with Crippen LogP contribution in [-0.2, 0) is 11.3 Å². The first-order valence-electron chi connectivity index (χ1n) is 4.75. The zero-order valence-electron chi connectivity index (χ0n) is 9.03. The Bertz CT molecular complexity index is 402. The minimum atomic E-state index is -0.209. The van der Waals surface area contributed by atoms with Crippen LogP contribution in [-0.4, -0.2) is 34.2 Å². The van der Waals surface area contributed by atoms with Crippen molar-refractivity contribution in [1.82, 2.24) is 14.8 Å². The molecule has 0 radical (unpaired) electrons. The number of H-pyrrole nitrogens is 1. The second-order valence-corrected chi connectivity index (χ2v) is 4.59. The molecule has 1 aromatic rings. The third-order valence-electron chi connectivity index (χ3n) is 1.81. The van der Waals surface area contributed by atoms with Crippen LogP contribution in [0.3, 0.4) is 0 Å². The number of aromatic nitrogens is 3. The second kappa shape index (κ2) is 6.78. The molecule has 0 amide bonds. The average molecular weight is 264 g/mol. The Morgan fingerprint density at radius 3 is 3.12 bits per heavy atom. The lowest BCUT2D eigenvalue weighted by molar-refractivity contribution is 0.189. The minimum absolute atomic E-state index is 0.209. The molecule has 0 aliphatic rings. The van der Waals surface area contributed by atoms with E-state index in [1.807, 2.05) is 0 Å². The zero-order chi connectivity index (χ0) is 12.0. The van der Waals surface area contributed by atoms with E-state index in [2.05, 4.69) is 16.8 Å². The largest absolute Gasteiger partial charge is 0.385 e. The van der Waals surface area contributed by atoms with Crippen molar-refractivity contribution in [3.8, 4) is 0 Å². The molecule has 0 atom stereocenters. The number of ether oxygens (including phenoxy) is 1. The van der Waals surface area contributed by atoms with Gasteiger partial charge in [0.1, 0.15) is 0 Å². The lowest BCUT2D eigenvalue weighted by atomic mass is 10.4. The van der Waals surface area contributed by atoms with Crippen LogP contribution < -0.4 is 5.69 Å². The number of rotatable bonds is 7. The summed E-state index contributed by atoms with van der Waals surface area (Å²) in [6.07, 6.45) is 0.769. The Hall–Kier alpha value is -0.720. The molecule has 0 spiro atoms. The molecule has 1 aromatic heterocycles. The van der Waals surface area contributed by atoms with Crippen LogP contribution in [0.5, 0.6) is 0 Å². The Balaban J connectivity index is 2.62. The summed E-state index contributed by atoms with van der Waals surface area (Å²) in [5, 5.41) is 7.48. The van der Waals surface area contributed by atoms with Crippen molar-refractivity contribution in [2.75, 3.05) is 19.5 Å². The fourth-order valence-electron chi connectivity index (χ4n) is 1.12. The van der Waals surface area contributed by atoms with E-state index in [9.17, 15) is 4.79 Å². The molecule has 5 nitrogen and oxygen atoms in total. The fourth-order valence-corrected chi connectivity index (χ4v) is 2.01. The van der Waals surface area contributed by atoms with Crippen LogP contribution in [0.4, 0.5) is 0 Å². The summed E-state index contributed by atoms with van der Waals surface area (Å²) in [7, 11) is 1.63. The minimum Gasteiger partial charge on any atom is -0.385 e. The Morgan fingerprint density at radius 2 is 2.50 bits per heavy atom. The number of aromatic amines is 1. The second-order valence-electron chi connectivity index (χ2n) is 3.12. The molecule has 0 unspecified atom stereocenters. The maximum atomic E-state index is 11.4. The lowest BCUT2D eigenvalue weighted by Gasteiger charge is -2.04. The van der Waals surface area contributed by atoms with Gasteiger partial charge in [-0.1, -0.05) is 29.9 Å². The van der Waals surface area contributed by atoms with Gasteiger partial charge >= 0.3 is 5.69 Å². The van der Waals surface area contributed by atoms with Gasteiger partial charge < -0.3 is 4.74 Å². The first-order valence-corrected chi connectivity index (χ1v) is 6.11. The molecule has 90 valence electrons. The maximum Gasteiger partial charge on any atom is 0.343 e. The summed E-state index contributed by atoms with van der Waals surface area (Å²) in [5.74, 6) is 0.538. The first-order chi connectivity index (χ1) is 7.65. The van der Waals surface area contributed by atoms with Crippen molar-refractivity contribution in [1.29, 1.82) is 0 Å². The summed E-state index contributed by atoms with van der Waals surface area (Å²) >= 11 is 7.04. The number of nitrogens with zero attached hydrogens (tertiary/aromatic N) is 2. The predicted molar refractivity (Wildman–Crippen MR) is 65.1 cm³/mol. The van der Waals surface area contributed by atoms with Gasteiger partial charge in [-0.2, -0.15) is 0 Å². The normalized spacial score (nSPS) is 10.6. The molecular formula is C9H14ClN3O2S. The van der Waals surface area contributed by atoms with Gasteiger partial charge in [-0.3, -0.25) is 4.57 Å². The van der Waals surface area contributed by atoms with Crippen LogP contribution in [0.15, 0.2) is 21.6 Å². The molecule has 0 fully saturated rings.